The van der Waals surface area contributed by atoms with Crippen molar-refractivity contribution in [2.75, 3.05) is 58.3 Å². The van der Waals surface area contributed by atoms with Gasteiger partial charge in [0.25, 0.3) is 0 Å². The number of piperazine rings is 1. The molecular weight excluding hydrogens is 306 g/mol. The number of nitrogens with zero attached hydrogens (tertiary/aromatic N) is 5. The lowest BCUT2D eigenvalue weighted by molar-refractivity contribution is 0.229. The smallest absolute Gasteiger partial charge is 0.133 e. The molecule has 1 fully saturated rings. The highest BCUT2D eigenvalue weighted by Gasteiger charge is 2.18. The van der Waals surface area contributed by atoms with Gasteiger partial charge in [0, 0.05) is 45.3 Å². The van der Waals surface area contributed by atoms with Crippen LogP contribution in [0, 0.1) is 6.92 Å². The molecule has 0 atom stereocenters. The third-order valence-electron chi connectivity index (χ3n) is 3.35. The monoisotopic (exact) mass is 327 g/mol. The minimum absolute atomic E-state index is 0.819. The molecule has 0 N–H and O–H groups in total. The summed E-state index contributed by atoms with van der Waals surface area (Å²) in [6.45, 7) is 8.49. The summed E-state index contributed by atoms with van der Waals surface area (Å²) in [6, 6.07) is 2.00. The van der Waals surface area contributed by atoms with Crippen molar-refractivity contribution in [2.24, 2.45) is 0 Å². The van der Waals surface area contributed by atoms with Crippen LogP contribution in [-0.2, 0) is 0 Å². The molecule has 106 valence electrons. The van der Waals surface area contributed by atoms with E-state index in [2.05, 4.69) is 54.7 Å². The zero-order chi connectivity index (χ0) is 13.8. The van der Waals surface area contributed by atoms with Crippen molar-refractivity contribution in [1.82, 2.24) is 19.8 Å². The Morgan fingerprint density at radius 3 is 2.47 bits per heavy atom. The molecule has 0 spiro atoms. The first kappa shape index (κ1) is 14.7. The van der Waals surface area contributed by atoms with Gasteiger partial charge in [0.15, 0.2) is 0 Å². The van der Waals surface area contributed by atoms with Gasteiger partial charge < -0.3 is 9.80 Å². The maximum Gasteiger partial charge on any atom is 0.133 e. The lowest BCUT2D eigenvalue weighted by atomic mass is 10.3. The quantitative estimate of drug-likeness (QED) is 0.777. The molecule has 5 nitrogen and oxygen atoms in total. The summed E-state index contributed by atoms with van der Waals surface area (Å²) >= 11 is 3.44. The van der Waals surface area contributed by atoms with Gasteiger partial charge in [-0.3, -0.25) is 4.90 Å². The third kappa shape index (κ3) is 4.40. The Balaban J connectivity index is 1.89. The molecule has 1 aliphatic rings. The van der Waals surface area contributed by atoms with Gasteiger partial charge in [-0.1, -0.05) is 0 Å². The van der Waals surface area contributed by atoms with E-state index in [1.165, 1.54) is 0 Å². The molecule has 0 aliphatic carbocycles. The average Bonchev–Trinajstić information content (AvgIpc) is 2.36. The minimum atomic E-state index is 0.819. The second-order valence-electron chi connectivity index (χ2n) is 5.23. The highest BCUT2D eigenvalue weighted by atomic mass is 79.9. The molecule has 0 unspecified atom stereocenters. The summed E-state index contributed by atoms with van der Waals surface area (Å²) in [5.41, 5.74) is 0. The van der Waals surface area contributed by atoms with E-state index in [1.54, 1.807) is 0 Å². The first-order valence-electron chi connectivity index (χ1n) is 6.68. The van der Waals surface area contributed by atoms with E-state index in [0.29, 0.717) is 0 Å². The first-order valence-corrected chi connectivity index (χ1v) is 7.47. The van der Waals surface area contributed by atoms with E-state index in [0.717, 1.165) is 55.5 Å². The number of hydrogen-bond donors (Lipinski definition) is 0. The van der Waals surface area contributed by atoms with Gasteiger partial charge in [-0.2, -0.15) is 0 Å². The average molecular weight is 328 g/mol. The van der Waals surface area contributed by atoms with E-state index >= 15 is 0 Å². The number of rotatable bonds is 4. The van der Waals surface area contributed by atoms with Crippen LogP contribution in [0.25, 0.3) is 0 Å². The summed E-state index contributed by atoms with van der Waals surface area (Å²) < 4.78 is 0.866. The molecule has 0 saturated carbocycles. The van der Waals surface area contributed by atoms with Gasteiger partial charge in [0.1, 0.15) is 16.2 Å². The Morgan fingerprint density at radius 1 is 1.21 bits per heavy atom. The minimum Gasteiger partial charge on any atom is -0.354 e. The van der Waals surface area contributed by atoms with Crippen molar-refractivity contribution in [3.8, 4) is 0 Å². The van der Waals surface area contributed by atoms with E-state index in [4.69, 9.17) is 0 Å². The predicted octanol–water partition coefficient (Wildman–Crippen LogP) is 1.23. The molecular formula is C13H22BrN5. The molecule has 0 bridgehead atoms. The van der Waals surface area contributed by atoms with E-state index in [1.807, 2.05) is 13.0 Å². The van der Waals surface area contributed by atoms with E-state index in [-0.39, 0.29) is 0 Å². The molecule has 0 radical (unpaired) electrons. The maximum absolute atomic E-state index is 4.52. The molecule has 1 aromatic rings. The van der Waals surface area contributed by atoms with Crippen molar-refractivity contribution in [3.05, 3.63) is 16.5 Å². The first-order chi connectivity index (χ1) is 9.04. The fourth-order valence-electron chi connectivity index (χ4n) is 2.22. The Kier molecular flexibility index (Phi) is 5.13. The van der Waals surface area contributed by atoms with Gasteiger partial charge >= 0.3 is 0 Å². The van der Waals surface area contributed by atoms with E-state index < -0.39 is 0 Å². The molecule has 1 saturated heterocycles. The lowest BCUT2D eigenvalue weighted by Gasteiger charge is -2.35. The van der Waals surface area contributed by atoms with Crippen LogP contribution in [0.3, 0.4) is 0 Å². The predicted molar refractivity (Wildman–Crippen MR) is 81.7 cm³/mol. The largest absolute Gasteiger partial charge is 0.354 e. The molecule has 0 amide bonds. The zero-order valence-corrected chi connectivity index (χ0v) is 13.5. The number of anilines is 1. The van der Waals surface area contributed by atoms with Gasteiger partial charge in [-0.05, 0) is 36.9 Å². The Bertz CT molecular complexity index is 395. The van der Waals surface area contributed by atoms with Crippen LogP contribution in [-0.4, -0.2) is 73.1 Å². The van der Waals surface area contributed by atoms with Gasteiger partial charge in [0.05, 0.1) is 0 Å². The molecule has 19 heavy (non-hydrogen) atoms. The molecule has 1 aromatic heterocycles. The summed E-state index contributed by atoms with van der Waals surface area (Å²) in [5.74, 6) is 1.85. The number of likely N-dealkylation sites (N-methyl/N-ethyl adjacent to an activating group) is 1. The second kappa shape index (κ2) is 6.63. The fraction of sp³-hybridized carbons (Fsp3) is 0.692. The molecule has 0 aromatic carbocycles. The standard InChI is InChI=1S/C13H22BrN5/c1-11-15-12(14)10-13(16-11)19-8-6-18(7-9-19)5-4-17(2)3/h10H,4-9H2,1-3H3. The topological polar surface area (TPSA) is 35.5 Å². The summed E-state index contributed by atoms with van der Waals surface area (Å²) in [6.07, 6.45) is 0. The third-order valence-corrected chi connectivity index (χ3v) is 3.76. The van der Waals surface area contributed by atoms with E-state index in [9.17, 15) is 0 Å². The van der Waals surface area contributed by atoms with Crippen LogP contribution in [0.1, 0.15) is 5.82 Å². The van der Waals surface area contributed by atoms with Crippen LogP contribution in [0.5, 0.6) is 0 Å². The Hall–Kier alpha value is -0.720. The van der Waals surface area contributed by atoms with Crippen molar-refractivity contribution in [2.45, 2.75) is 6.92 Å². The van der Waals surface area contributed by atoms with Gasteiger partial charge in [-0.25, -0.2) is 9.97 Å². The molecule has 2 rings (SSSR count). The van der Waals surface area contributed by atoms with Crippen molar-refractivity contribution in [1.29, 1.82) is 0 Å². The highest BCUT2D eigenvalue weighted by Crippen LogP contribution is 2.17. The van der Waals surface area contributed by atoms with Gasteiger partial charge in [0.2, 0.25) is 0 Å². The number of hydrogen-bond acceptors (Lipinski definition) is 5. The summed E-state index contributed by atoms with van der Waals surface area (Å²) in [4.78, 5) is 15.9. The molecule has 2 heterocycles. The highest BCUT2D eigenvalue weighted by molar-refractivity contribution is 9.10. The lowest BCUT2D eigenvalue weighted by Crippen LogP contribution is -2.48. The van der Waals surface area contributed by atoms with Gasteiger partial charge in [-0.15, -0.1) is 0 Å². The summed E-state index contributed by atoms with van der Waals surface area (Å²) in [5, 5.41) is 0. The Labute approximate surface area is 123 Å². The summed E-state index contributed by atoms with van der Waals surface area (Å²) in [7, 11) is 4.24. The fourth-order valence-corrected chi connectivity index (χ4v) is 2.68. The van der Waals surface area contributed by atoms with Crippen molar-refractivity contribution in [3.63, 3.8) is 0 Å². The number of aryl methyl sites for hydroxylation is 1. The van der Waals surface area contributed by atoms with Crippen molar-refractivity contribution < 1.29 is 0 Å². The van der Waals surface area contributed by atoms with Crippen LogP contribution < -0.4 is 4.90 Å². The van der Waals surface area contributed by atoms with Crippen LogP contribution in [0.15, 0.2) is 10.7 Å². The zero-order valence-electron chi connectivity index (χ0n) is 11.9. The van der Waals surface area contributed by atoms with Crippen LogP contribution in [0.2, 0.25) is 0 Å². The van der Waals surface area contributed by atoms with Crippen LogP contribution >= 0.6 is 15.9 Å². The van der Waals surface area contributed by atoms with Crippen LogP contribution in [0.4, 0.5) is 5.82 Å². The number of aromatic nitrogens is 2. The maximum atomic E-state index is 4.52. The SMILES string of the molecule is Cc1nc(Br)cc(N2CCN(CCN(C)C)CC2)n1. The Morgan fingerprint density at radius 2 is 1.89 bits per heavy atom. The molecule has 6 heteroatoms. The second-order valence-corrected chi connectivity index (χ2v) is 6.04. The normalized spacial score (nSPS) is 17.2. The van der Waals surface area contributed by atoms with Crippen molar-refractivity contribution >= 4 is 21.7 Å². The molecule has 1 aliphatic heterocycles. The number of halogens is 1.